The molecule has 2 rings (SSSR count). The van der Waals surface area contributed by atoms with Gasteiger partial charge in [0, 0.05) is 12.1 Å². The summed E-state index contributed by atoms with van der Waals surface area (Å²) in [5.74, 6) is 0.686. The molecular formula is C18H22N2O3. The molecule has 2 aromatic carbocycles. The molecule has 5 heteroatoms. The van der Waals surface area contributed by atoms with Crippen molar-refractivity contribution in [2.24, 2.45) is 5.10 Å². The highest BCUT2D eigenvalue weighted by molar-refractivity contribution is 5.83. The topological polar surface area (TPSA) is 54.3 Å². The molecule has 0 saturated carbocycles. The van der Waals surface area contributed by atoms with E-state index in [1.165, 1.54) is 19.8 Å². The van der Waals surface area contributed by atoms with Crippen LogP contribution in [-0.4, -0.2) is 32.1 Å². The van der Waals surface area contributed by atoms with E-state index in [0.717, 1.165) is 17.8 Å². The fourth-order valence-electron chi connectivity index (χ4n) is 2.17. The fraction of sp³-hybridized carbons (Fsp3) is 0.278. The number of ether oxygens (including phenoxy) is 2. The zero-order valence-corrected chi connectivity index (χ0v) is 13.9. The van der Waals surface area contributed by atoms with Gasteiger partial charge in [0.25, 0.3) is 0 Å². The molecule has 0 atom stereocenters. The van der Waals surface area contributed by atoms with Crippen LogP contribution in [0.1, 0.15) is 18.1 Å². The van der Waals surface area contributed by atoms with Gasteiger partial charge >= 0.3 is 0 Å². The minimum Gasteiger partial charge on any atom is -0.502 e. The van der Waals surface area contributed by atoms with Gasteiger partial charge < -0.3 is 14.6 Å². The number of benzene rings is 2. The first-order chi connectivity index (χ1) is 11.1. The molecule has 23 heavy (non-hydrogen) atoms. The van der Waals surface area contributed by atoms with E-state index in [4.69, 9.17) is 9.47 Å². The van der Waals surface area contributed by atoms with E-state index in [9.17, 15) is 5.11 Å². The molecular weight excluding hydrogens is 292 g/mol. The second-order valence-electron chi connectivity index (χ2n) is 5.07. The molecule has 0 aliphatic rings. The number of anilines is 1. The van der Waals surface area contributed by atoms with Crippen molar-refractivity contribution in [2.45, 2.75) is 13.8 Å². The summed E-state index contributed by atoms with van der Waals surface area (Å²) < 4.78 is 10.3. The van der Waals surface area contributed by atoms with Crippen LogP contribution in [0.15, 0.2) is 41.5 Å². The molecule has 0 heterocycles. The van der Waals surface area contributed by atoms with Crippen LogP contribution in [-0.2, 0) is 0 Å². The van der Waals surface area contributed by atoms with Crippen LogP contribution in [0.5, 0.6) is 17.2 Å². The number of aryl methyl sites for hydroxylation is 1. The Morgan fingerprint density at radius 2 is 1.65 bits per heavy atom. The van der Waals surface area contributed by atoms with E-state index in [2.05, 4.69) is 24.2 Å². The number of nitrogens with zero attached hydrogens (tertiary/aromatic N) is 2. The molecule has 2 aromatic rings. The number of aromatic hydroxyl groups is 1. The third-order valence-corrected chi connectivity index (χ3v) is 3.48. The summed E-state index contributed by atoms with van der Waals surface area (Å²) in [6.45, 7) is 4.83. The Labute approximate surface area is 136 Å². The SMILES string of the molecule is CCN(/N=C/c1cc(OC)c(O)c(OC)c1)c1ccc(C)cc1. The van der Waals surface area contributed by atoms with E-state index in [0.29, 0.717) is 11.5 Å². The molecule has 0 bridgehead atoms. The largest absolute Gasteiger partial charge is 0.502 e. The Hall–Kier alpha value is -2.69. The van der Waals surface area contributed by atoms with Gasteiger partial charge in [0.1, 0.15) is 0 Å². The number of phenolic OH excluding ortho intramolecular Hbond substituents is 1. The lowest BCUT2D eigenvalue weighted by molar-refractivity contribution is 0.340. The Balaban J connectivity index is 2.28. The number of phenols is 1. The highest BCUT2D eigenvalue weighted by Gasteiger charge is 2.10. The number of hydrogen-bond acceptors (Lipinski definition) is 5. The van der Waals surface area contributed by atoms with E-state index < -0.39 is 0 Å². The van der Waals surface area contributed by atoms with Crippen molar-refractivity contribution in [2.75, 3.05) is 25.8 Å². The van der Waals surface area contributed by atoms with Crippen LogP contribution < -0.4 is 14.5 Å². The lowest BCUT2D eigenvalue weighted by atomic mass is 10.2. The van der Waals surface area contributed by atoms with E-state index in [1.807, 2.05) is 24.1 Å². The van der Waals surface area contributed by atoms with Crippen LogP contribution in [0, 0.1) is 6.92 Å². The van der Waals surface area contributed by atoms with Crippen LogP contribution in [0.3, 0.4) is 0 Å². The number of hydrogen-bond donors (Lipinski definition) is 1. The van der Waals surface area contributed by atoms with Crippen LogP contribution in [0.2, 0.25) is 0 Å². The highest BCUT2D eigenvalue weighted by Crippen LogP contribution is 2.36. The minimum atomic E-state index is -0.0157. The standard InChI is InChI=1S/C18H22N2O3/c1-5-20(15-8-6-13(2)7-9-15)19-12-14-10-16(22-3)18(21)17(11-14)23-4/h6-12,21H,5H2,1-4H3/b19-12+. The van der Waals surface area contributed by atoms with Gasteiger partial charge in [0.2, 0.25) is 5.75 Å². The summed E-state index contributed by atoms with van der Waals surface area (Å²) in [6, 6.07) is 11.6. The molecule has 5 nitrogen and oxygen atoms in total. The van der Waals surface area contributed by atoms with Gasteiger partial charge in [0.05, 0.1) is 26.1 Å². The summed E-state index contributed by atoms with van der Waals surface area (Å²) in [5.41, 5.74) is 3.01. The lowest BCUT2D eigenvalue weighted by Crippen LogP contribution is -2.15. The Kier molecular flexibility index (Phi) is 5.46. The second-order valence-corrected chi connectivity index (χ2v) is 5.07. The molecule has 0 unspecified atom stereocenters. The molecule has 122 valence electrons. The van der Waals surface area contributed by atoms with Crippen molar-refractivity contribution in [3.05, 3.63) is 47.5 Å². The van der Waals surface area contributed by atoms with Crippen molar-refractivity contribution in [3.8, 4) is 17.2 Å². The predicted molar refractivity (Wildman–Crippen MR) is 93.0 cm³/mol. The molecule has 0 aromatic heterocycles. The molecule has 0 fully saturated rings. The second kappa shape index (κ2) is 7.54. The molecule has 0 radical (unpaired) electrons. The highest BCUT2D eigenvalue weighted by atomic mass is 16.5. The molecule has 0 aliphatic heterocycles. The molecule has 0 aliphatic carbocycles. The summed E-state index contributed by atoms with van der Waals surface area (Å²) in [4.78, 5) is 0. The maximum atomic E-state index is 9.94. The van der Waals surface area contributed by atoms with E-state index >= 15 is 0 Å². The summed E-state index contributed by atoms with van der Waals surface area (Å²) >= 11 is 0. The van der Waals surface area contributed by atoms with Gasteiger partial charge in [-0.15, -0.1) is 0 Å². The quantitative estimate of drug-likeness (QED) is 0.654. The maximum Gasteiger partial charge on any atom is 0.200 e. The first-order valence-corrected chi connectivity index (χ1v) is 7.42. The smallest absolute Gasteiger partial charge is 0.200 e. The van der Waals surface area contributed by atoms with Gasteiger partial charge in [-0.1, -0.05) is 17.7 Å². The number of methoxy groups -OCH3 is 2. The average Bonchev–Trinajstić information content (AvgIpc) is 2.57. The van der Waals surface area contributed by atoms with Crippen LogP contribution in [0.25, 0.3) is 0 Å². The zero-order valence-electron chi connectivity index (χ0n) is 13.9. The number of rotatable bonds is 6. The summed E-state index contributed by atoms with van der Waals surface area (Å²) in [6.07, 6.45) is 1.72. The van der Waals surface area contributed by atoms with E-state index in [-0.39, 0.29) is 5.75 Å². The first-order valence-electron chi connectivity index (χ1n) is 7.42. The van der Waals surface area contributed by atoms with Gasteiger partial charge in [-0.3, -0.25) is 5.01 Å². The average molecular weight is 314 g/mol. The lowest BCUT2D eigenvalue weighted by Gasteiger charge is -2.17. The molecule has 1 N–H and O–H groups in total. The summed E-state index contributed by atoms with van der Waals surface area (Å²) in [7, 11) is 3.00. The van der Waals surface area contributed by atoms with Crippen molar-refractivity contribution >= 4 is 11.9 Å². The number of hydrazone groups is 1. The van der Waals surface area contributed by atoms with Gasteiger partial charge in [-0.05, 0) is 38.1 Å². The van der Waals surface area contributed by atoms with Gasteiger partial charge in [-0.2, -0.15) is 5.10 Å². The van der Waals surface area contributed by atoms with Crippen molar-refractivity contribution in [1.29, 1.82) is 0 Å². The zero-order chi connectivity index (χ0) is 16.8. The molecule has 0 amide bonds. The summed E-state index contributed by atoms with van der Waals surface area (Å²) in [5, 5.41) is 16.3. The third-order valence-electron chi connectivity index (χ3n) is 3.48. The molecule has 0 saturated heterocycles. The van der Waals surface area contributed by atoms with Crippen LogP contribution >= 0.6 is 0 Å². The third kappa shape index (κ3) is 3.94. The monoisotopic (exact) mass is 314 g/mol. The van der Waals surface area contributed by atoms with E-state index in [1.54, 1.807) is 18.3 Å². The normalized spacial score (nSPS) is 10.8. The van der Waals surface area contributed by atoms with Crippen molar-refractivity contribution in [3.63, 3.8) is 0 Å². The first kappa shape index (κ1) is 16.7. The molecule has 0 spiro atoms. The van der Waals surface area contributed by atoms with Gasteiger partial charge in [0.15, 0.2) is 11.5 Å². The fourth-order valence-corrected chi connectivity index (χ4v) is 2.17. The Morgan fingerprint density at radius 3 is 2.13 bits per heavy atom. The maximum absolute atomic E-state index is 9.94. The van der Waals surface area contributed by atoms with Crippen molar-refractivity contribution in [1.82, 2.24) is 0 Å². The van der Waals surface area contributed by atoms with Gasteiger partial charge in [-0.25, -0.2) is 0 Å². The minimum absolute atomic E-state index is 0.0157. The Bertz CT molecular complexity index is 656. The predicted octanol–water partition coefficient (Wildman–Crippen LogP) is 3.58. The Morgan fingerprint density at radius 1 is 1.09 bits per heavy atom. The van der Waals surface area contributed by atoms with Crippen LogP contribution in [0.4, 0.5) is 5.69 Å². The van der Waals surface area contributed by atoms with Crippen molar-refractivity contribution < 1.29 is 14.6 Å².